The number of esters is 3. The lowest BCUT2D eigenvalue weighted by Crippen LogP contribution is -2.30. The second-order valence-electron chi connectivity index (χ2n) is 17.8. The first-order chi connectivity index (χ1) is 29.0. The fourth-order valence-electron chi connectivity index (χ4n) is 7.79. The molecule has 0 aromatic heterocycles. The minimum Gasteiger partial charge on any atom is -0.462 e. The van der Waals surface area contributed by atoms with Crippen molar-refractivity contribution >= 4 is 17.9 Å². The van der Waals surface area contributed by atoms with Gasteiger partial charge in [-0.15, -0.1) is 0 Å². The lowest BCUT2D eigenvalue weighted by Gasteiger charge is -2.18. The van der Waals surface area contributed by atoms with Crippen LogP contribution in [-0.4, -0.2) is 37.2 Å². The molecule has 6 heteroatoms. The minimum absolute atomic E-state index is 0.0687. The average Bonchev–Trinajstić information content (AvgIpc) is 3.23. The van der Waals surface area contributed by atoms with Gasteiger partial charge in [0.2, 0.25) is 0 Å². The van der Waals surface area contributed by atoms with Crippen LogP contribution < -0.4 is 0 Å². The van der Waals surface area contributed by atoms with Gasteiger partial charge in [-0.25, -0.2) is 0 Å². The molecular weight excluding hydrogens is 733 g/mol. The Hall–Kier alpha value is -1.85. The second kappa shape index (κ2) is 48.8. The predicted molar refractivity (Wildman–Crippen MR) is 252 cm³/mol. The Bertz CT molecular complexity index is 916. The van der Waals surface area contributed by atoms with Crippen LogP contribution in [0.15, 0.2) is 12.2 Å². The maximum atomic E-state index is 12.7. The summed E-state index contributed by atoms with van der Waals surface area (Å²) in [5.74, 6) is -0.869. The molecule has 1 atom stereocenters. The number of carbonyl (C=O) groups is 3. The van der Waals surface area contributed by atoms with Crippen molar-refractivity contribution in [1.29, 1.82) is 0 Å². The molecule has 0 rings (SSSR count). The number of ether oxygens (including phenoxy) is 3. The van der Waals surface area contributed by atoms with E-state index in [1.807, 2.05) is 0 Å². The molecule has 0 aliphatic heterocycles. The standard InChI is InChI=1S/C53H100O6/c1-4-7-10-13-16-18-20-22-24-25-26-27-28-29-31-32-34-37-40-43-46-52(55)58-49-50(48-57-51(54)45-42-39-36-15-12-9-6-3)59-53(56)47-44-41-38-35-33-30-23-21-19-17-14-11-8-5-2/h21,23,50H,4-20,22,24-49H2,1-3H3/b23-21-. The summed E-state index contributed by atoms with van der Waals surface area (Å²) in [5, 5.41) is 0. The summed E-state index contributed by atoms with van der Waals surface area (Å²) >= 11 is 0. The Kier molecular flexibility index (Phi) is 47.3. The highest BCUT2D eigenvalue weighted by Gasteiger charge is 2.19. The first kappa shape index (κ1) is 57.1. The van der Waals surface area contributed by atoms with E-state index in [-0.39, 0.29) is 31.1 Å². The van der Waals surface area contributed by atoms with E-state index in [9.17, 15) is 14.4 Å². The Morgan fingerprint density at radius 3 is 0.847 bits per heavy atom. The zero-order chi connectivity index (χ0) is 43.0. The van der Waals surface area contributed by atoms with Crippen molar-refractivity contribution in [1.82, 2.24) is 0 Å². The Morgan fingerprint density at radius 1 is 0.322 bits per heavy atom. The van der Waals surface area contributed by atoms with Crippen molar-refractivity contribution in [3.8, 4) is 0 Å². The number of carbonyl (C=O) groups excluding carboxylic acids is 3. The smallest absolute Gasteiger partial charge is 0.306 e. The number of rotatable bonds is 48. The largest absolute Gasteiger partial charge is 0.462 e. The van der Waals surface area contributed by atoms with E-state index in [0.717, 1.165) is 64.2 Å². The highest BCUT2D eigenvalue weighted by atomic mass is 16.6. The SMILES string of the molecule is CCCCCCC/C=C\CCCCCCCC(=O)OC(COC(=O)CCCCCCCCC)COC(=O)CCCCCCCCCCCCCCCCCCCCCC. The van der Waals surface area contributed by atoms with Crippen LogP contribution in [0.2, 0.25) is 0 Å². The molecule has 348 valence electrons. The highest BCUT2D eigenvalue weighted by molar-refractivity contribution is 5.71. The van der Waals surface area contributed by atoms with E-state index < -0.39 is 6.10 Å². The zero-order valence-corrected chi connectivity index (χ0v) is 39.8. The summed E-state index contributed by atoms with van der Waals surface area (Å²) in [4.78, 5) is 37.8. The number of unbranched alkanes of at least 4 members (excludes halogenated alkanes) is 35. The van der Waals surface area contributed by atoms with Crippen molar-refractivity contribution < 1.29 is 28.6 Å². The quantitative estimate of drug-likeness (QED) is 0.0263. The minimum atomic E-state index is -0.766. The first-order valence-corrected chi connectivity index (χ1v) is 26.2. The summed E-state index contributed by atoms with van der Waals surface area (Å²) in [7, 11) is 0. The Morgan fingerprint density at radius 2 is 0.559 bits per heavy atom. The molecule has 0 radical (unpaired) electrons. The van der Waals surface area contributed by atoms with Gasteiger partial charge < -0.3 is 14.2 Å². The molecule has 0 bridgehead atoms. The predicted octanol–water partition coefficient (Wildman–Crippen LogP) is 17.0. The van der Waals surface area contributed by atoms with Gasteiger partial charge >= 0.3 is 17.9 Å². The lowest BCUT2D eigenvalue weighted by molar-refractivity contribution is -0.167. The molecular formula is C53H100O6. The average molecular weight is 833 g/mol. The molecule has 1 unspecified atom stereocenters. The van der Waals surface area contributed by atoms with Crippen molar-refractivity contribution in [2.75, 3.05) is 13.2 Å². The van der Waals surface area contributed by atoms with Gasteiger partial charge in [0.1, 0.15) is 13.2 Å². The van der Waals surface area contributed by atoms with Gasteiger partial charge in [-0.05, 0) is 44.9 Å². The van der Waals surface area contributed by atoms with Gasteiger partial charge in [-0.1, -0.05) is 238 Å². The zero-order valence-electron chi connectivity index (χ0n) is 39.8. The summed E-state index contributed by atoms with van der Waals surface area (Å²) in [6.07, 6.45) is 53.6. The van der Waals surface area contributed by atoms with Crippen LogP contribution in [0.5, 0.6) is 0 Å². The molecule has 0 spiro atoms. The maximum absolute atomic E-state index is 12.7. The summed E-state index contributed by atoms with van der Waals surface area (Å²) in [6, 6.07) is 0. The fourth-order valence-corrected chi connectivity index (χ4v) is 7.79. The van der Waals surface area contributed by atoms with Crippen LogP contribution in [0.1, 0.15) is 290 Å². The first-order valence-electron chi connectivity index (χ1n) is 26.2. The molecule has 0 aliphatic rings. The lowest BCUT2D eigenvalue weighted by atomic mass is 10.0. The van der Waals surface area contributed by atoms with Crippen molar-refractivity contribution in [3.05, 3.63) is 12.2 Å². The topological polar surface area (TPSA) is 78.9 Å². The molecule has 0 amide bonds. The summed E-state index contributed by atoms with van der Waals surface area (Å²) in [5.41, 5.74) is 0. The number of hydrogen-bond acceptors (Lipinski definition) is 6. The van der Waals surface area contributed by atoms with Crippen LogP contribution in [0.3, 0.4) is 0 Å². The van der Waals surface area contributed by atoms with Crippen molar-refractivity contribution in [2.45, 2.75) is 297 Å². The normalized spacial score (nSPS) is 12.0. The molecule has 0 fully saturated rings. The van der Waals surface area contributed by atoms with Gasteiger partial charge in [0.25, 0.3) is 0 Å². The third-order valence-electron chi connectivity index (χ3n) is 11.8. The third-order valence-corrected chi connectivity index (χ3v) is 11.8. The molecule has 0 aliphatic carbocycles. The molecule has 6 nitrogen and oxygen atoms in total. The number of allylic oxidation sites excluding steroid dienone is 2. The van der Waals surface area contributed by atoms with E-state index in [0.29, 0.717) is 19.3 Å². The Balaban J connectivity index is 4.17. The monoisotopic (exact) mass is 833 g/mol. The van der Waals surface area contributed by atoms with Crippen LogP contribution in [-0.2, 0) is 28.6 Å². The van der Waals surface area contributed by atoms with E-state index in [4.69, 9.17) is 14.2 Å². The molecule has 0 N–H and O–H groups in total. The van der Waals surface area contributed by atoms with E-state index in [1.165, 1.54) is 186 Å². The van der Waals surface area contributed by atoms with Crippen molar-refractivity contribution in [2.24, 2.45) is 0 Å². The molecule has 0 aromatic rings. The summed E-state index contributed by atoms with van der Waals surface area (Å²) < 4.78 is 16.7. The van der Waals surface area contributed by atoms with E-state index in [1.54, 1.807) is 0 Å². The molecule has 0 saturated heterocycles. The molecule has 0 heterocycles. The third kappa shape index (κ3) is 47.1. The number of hydrogen-bond donors (Lipinski definition) is 0. The van der Waals surface area contributed by atoms with Gasteiger partial charge in [-0.2, -0.15) is 0 Å². The van der Waals surface area contributed by atoms with Crippen LogP contribution in [0.25, 0.3) is 0 Å². The Labute approximate surface area is 367 Å². The molecule has 59 heavy (non-hydrogen) atoms. The van der Waals surface area contributed by atoms with E-state index in [2.05, 4.69) is 32.9 Å². The molecule has 0 saturated carbocycles. The highest BCUT2D eigenvalue weighted by Crippen LogP contribution is 2.16. The summed E-state index contributed by atoms with van der Waals surface area (Å²) in [6.45, 7) is 6.62. The van der Waals surface area contributed by atoms with E-state index >= 15 is 0 Å². The van der Waals surface area contributed by atoms with Gasteiger partial charge in [0.15, 0.2) is 6.10 Å². The van der Waals surface area contributed by atoms with Crippen LogP contribution in [0.4, 0.5) is 0 Å². The fraction of sp³-hybridized carbons (Fsp3) is 0.906. The van der Waals surface area contributed by atoms with Crippen LogP contribution >= 0.6 is 0 Å². The van der Waals surface area contributed by atoms with Gasteiger partial charge in [-0.3, -0.25) is 14.4 Å². The molecule has 0 aromatic carbocycles. The second-order valence-corrected chi connectivity index (χ2v) is 17.8. The van der Waals surface area contributed by atoms with Crippen LogP contribution in [0, 0.1) is 0 Å². The van der Waals surface area contributed by atoms with Gasteiger partial charge in [0.05, 0.1) is 0 Å². The van der Waals surface area contributed by atoms with Crippen molar-refractivity contribution in [3.63, 3.8) is 0 Å². The van der Waals surface area contributed by atoms with Gasteiger partial charge in [0, 0.05) is 19.3 Å². The maximum Gasteiger partial charge on any atom is 0.306 e.